The van der Waals surface area contributed by atoms with Crippen LogP contribution in [0.5, 0.6) is 0 Å². The molecule has 0 spiro atoms. The molecule has 3 unspecified atom stereocenters. The lowest BCUT2D eigenvalue weighted by molar-refractivity contribution is -0.119. The Hall–Kier alpha value is -1.04. The monoisotopic (exact) mass is 429 g/mol. The molecule has 2 heterocycles. The van der Waals surface area contributed by atoms with Gasteiger partial charge in [-0.15, -0.1) is 11.8 Å². The van der Waals surface area contributed by atoms with Crippen molar-refractivity contribution in [3.63, 3.8) is 0 Å². The fourth-order valence-electron chi connectivity index (χ4n) is 5.75. The quantitative estimate of drug-likeness (QED) is 0.616. The Balaban J connectivity index is 1.33. The van der Waals surface area contributed by atoms with Gasteiger partial charge in [-0.1, -0.05) is 25.0 Å². The van der Waals surface area contributed by atoms with Crippen LogP contribution in [0.1, 0.15) is 71.6 Å². The number of thioether (sulfide) groups is 1. The second-order valence-corrected chi connectivity index (χ2v) is 10.9. The zero-order chi connectivity index (χ0) is 21.1. The summed E-state index contributed by atoms with van der Waals surface area (Å²) in [6, 6.07) is 10.2. The highest BCUT2D eigenvalue weighted by molar-refractivity contribution is 8.01. The summed E-state index contributed by atoms with van der Waals surface area (Å²) in [5, 5.41) is 0.0449. The van der Waals surface area contributed by atoms with Crippen molar-refractivity contribution in [2.24, 2.45) is 11.7 Å². The number of carbonyl (C=O) groups is 1. The molecule has 1 saturated carbocycles. The maximum Gasteiger partial charge on any atom is 0.240 e. The van der Waals surface area contributed by atoms with Crippen LogP contribution in [-0.2, 0) is 4.79 Å². The molecule has 5 heteroatoms. The van der Waals surface area contributed by atoms with Gasteiger partial charge in [-0.25, -0.2) is 0 Å². The van der Waals surface area contributed by atoms with Crippen LogP contribution in [0.3, 0.4) is 0 Å². The number of hydrogen-bond acceptors (Lipinski definition) is 4. The molecule has 2 aliphatic heterocycles. The standard InChI is InChI=1S/C25H39N3OS/c1-18-9-8-10-19(2)27(18)15-6-3-7-16-28-22-11-4-5-12-23(22)30-24(25(28)29)20-13-14-21(26)17-20/h4-5,11-12,18-21,24H,3,6-10,13-17,26H2,1-2H3/t18-,19+,20?,21?,24?. The first-order valence-electron chi connectivity index (χ1n) is 12.1. The van der Waals surface area contributed by atoms with E-state index in [-0.39, 0.29) is 11.3 Å². The van der Waals surface area contributed by atoms with E-state index >= 15 is 0 Å². The number of piperidine rings is 1. The minimum Gasteiger partial charge on any atom is -0.328 e. The van der Waals surface area contributed by atoms with Crippen LogP contribution in [-0.4, -0.2) is 47.3 Å². The number of para-hydroxylation sites is 1. The summed E-state index contributed by atoms with van der Waals surface area (Å²) in [5.74, 6) is 0.742. The number of likely N-dealkylation sites (tertiary alicyclic amines) is 1. The van der Waals surface area contributed by atoms with Crippen molar-refractivity contribution in [2.45, 2.75) is 99.9 Å². The van der Waals surface area contributed by atoms with E-state index in [4.69, 9.17) is 5.73 Å². The molecule has 0 radical (unpaired) electrons. The third-order valence-corrected chi connectivity index (χ3v) is 8.98. The first-order valence-corrected chi connectivity index (χ1v) is 13.0. The van der Waals surface area contributed by atoms with Gasteiger partial charge in [-0.3, -0.25) is 9.69 Å². The Morgan fingerprint density at radius 1 is 1.00 bits per heavy atom. The summed E-state index contributed by atoms with van der Waals surface area (Å²) in [6.07, 6.45) is 10.7. The maximum atomic E-state index is 13.4. The van der Waals surface area contributed by atoms with Gasteiger partial charge in [0.1, 0.15) is 0 Å². The van der Waals surface area contributed by atoms with Crippen molar-refractivity contribution in [2.75, 3.05) is 18.0 Å². The van der Waals surface area contributed by atoms with E-state index < -0.39 is 0 Å². The van der Waals surface area contributed by atoms with E-state index in [1.165, 1.54) is 43.5 Å². The molecule has 1 aliphatic carbocycles. The largest absolute Gasteiger partial charge is 0.328 e. The Labute approximate surface area is 186 Å². The van der Waals surface area contributed by atoms with Gasteiger partial charge in [0, 0.05) is 29.6 Å². The smallest absolute Gasteiger partial charge is 0.240 e. The molecule has 3 aliphatic rings. The molecule has 5 atom stereocenters. The number of nitrogens with two attached hydrogens (primary N) is 1. The van der Waals surface area contributed by atoms with Crippen LogP contribution in [0.15, 0.2) is 29.2 Å². The van der Waals surface area contributed by atoms with Gasteiger partial charge in [-0.05, 0) is 83.4 Å². The maximum absolute atomic E-state index is 13.4. The van der Waals surface area contributed by atoms with Crippen molar-refractivity contribution in [3.8, 4) is 0 Å². The highest BCUT2D eigenvalue weighted by atomic mass is 32.2. The van der Waals surface area contributed by atoms with E-state index in [9.17, 15) is 4.79 Å². The third-order valence-electron chi connectivity index (χ3n) is 7.54. The highest BCUT2D eigenvalue weighted by Gasteiger charge is 2.40. The normalized spacial score (nSPS) is 32.4. The molecule has 1 aromatic carbocycles. The summed E-state index contributed by atoms with van der Waals surface area (Å²) in [7, 11) is 0. The molecule has 2 fully saturated rings. The molecular formula is C25H39N3OS. The first-order chi connectivity index (χ1) is 14.5. The second kappa shape index (κ2) is 10.1. The number of fused-ring (bicyclic) bond motifs is 1. The first kappa shape index (κ1) is 22.2. The van der Waals surface area contributed by atoms with E-state index in [2.05, 4.69) is 47.9 Å². The van der Waals surface area contributed by atoms with Gasteiger partial charge in [0.2, 0.25) is 5.91 Å². The van der Waals surface area contributed by atoms with Crippen LogP contribution < -0.4 is 10.6 Å². The number of carbonyl (C=O) groups excluding carboxylic acids is 1. The third kappa shape index (κ3) is 4.89. The van der Waals surface area contributed by atoms with Crippen molar-refractivity contribution in [3.05, 3.63) is 24.3 Å². The minimum atomic E-state index is 0.0449. The zero-order valence-electron chi connectivity index (χ0n) is 18.8. The molecular weight excluding hydrogens is 390 g/mol. The zero-order valence-corrected chi connectivity index (χ0v) is 19.6. The number of anilines is 1. The fraction of sp³-hybridized carbons (Fsp3) is 0.720. The van der Waals surface area contributed by atoms with Gasteiger partial charge >= 0.3 is 0 Å². The lowest BCUT2D eigenvalue weighted by Gasteiger charge is -2.39. The van der Waals surface area contributed by atoms with E-state index in [1.54, 1.807) is 11.8 Å². The molecule has 4 nitrogen and oxygen atoms in total. The van der Waals surface area contributed by atoms with Crippen LogP contribution in [0.4, 0.5) is 5.69 Å². The van der Waals surface area contributed by atoms with Gasteiger partial charge in [0.25, 0.3) is 0 Å². The summed E-state index contributed by atoms with van der Waals surface area (Å²) in [4.78, 5) is 19.5. The minimum absolute atomic E-state index is 0.0449. The van der Waals surface area contributed by atoms with Crippen LogP contribution in [0.25, 0.3) is 0 Å². The van der Waals surface area contributed by atoms with Gasteiger partial charge in [-0.2, -0.15) is 0 Å². The highest BCUT2D eigenvalue weighted by Crippen LogP contribution is 2.45. The fourth-order valence-corrected chi connectivity index (χ4v) is 7.15. The number of amides is 1. The summed E-state index contributed by atoms with van der Waals surface area (Å²) in [5.41, 5.74) is 7.28. The lowest BCUT2D eigenvalue weighted by atomic mass is 9.97. The molecule has 30 heavy (non-hydrogen) atoms. The topological polar surface area (TPSA) is 49.6 Å². The molecule has 166 valence electrons. The van der Waals surface area contributed by atoms with E-state index in [0.717, 1.165) is 50.0 Å². The van der Waals surface area contributed by atoms with Crippen LogP contribution >= 0.6 is 11.8 Å². The Bertz CT molecular complexity index is 716. The molecule has 2 N–H and O–H groups in total. The predicted molar refractivity (Wildman–Crippen MR) is 127 cm³/mol. The SMILES string of the molecule is C[C@@H]1CCC[C@H](C)N1CCCCCN1C(=O)C(C2CCC(N)C2)Sc2ccccc21. The Morgan fingerprint density at radius 2 is 1.73 bits per heavy atom. The number of rotatable bonds is 7. The van der Waals surface area contributed by atoms with Crippen LogP contribution in [0, 0.1) is 5.92 Å². The summed E-state index contributed by atoms with van der Waals surface area (Å²) in [6.45, 7) is 6.81. The summed E-state index contributed by atoms with van der Waals surface area (Å²) < 4.78 is 0. The number of nitrogens with zero attached hydrogens (tertiary/aromatic N) is 2. The van der Waals surface area contributed by atoms with Crippen molar-refractivity contribution >= 4 is 23.4 Å². The average Bonchev–Trinajstić information content (AvgIpc) is 3.16. The molecule has 1 aromatic rings. The number of hydrogen-bond donors (Lipinski definition) is 1. The number of benzene rings is 1. The molecule has 0 aromatic heterocycles. The predicted octanol–water partition coefficient (Wildman–Crippen LogP) is 5.05. The van der Waals surface area contributed by atoms with E-state index in [1.807, 2.05) is 0 Å². The van der Waals surface area contributed by atoms with Crippen molar-refractivity contribution in [1.29, 1.82) is 0 Å². The van der Waals surface area contributed by atoms with Crippen molar-refractivity contribution in [1.82, 2.24) is 4.90 Å². The lowest BCUT2D eigenvalue weighted by Crippen LogP contribution is -2.45. The van der Waals surface area contributed by atoms with Crippen molar-refractivity contribution < 1.29 is 4.79 Å². The Morgan fingerprint density at radius 3 is 2.47 bits per heavy atom. The summed E-state index contributed by atoms with van der Waals surface area (Å²) >= 11 is 1.78. The second-order valence-electron chi connectivity index (χ2n) is 9.76. The molecule has 1 amide bonds. The van der Waals surface area contributed by atoms with Gasteiger partial charge in [0.15, 0.2) is 0 Å². The average molecular weight is 430 g/mol. The molecule has 0 bridgehead atoms. The molecule has 4 rings (SSSR count). The van der Waals surface area contributed by atoms with E-state index in [0.29, 0.717) is 11.8 Å². The van der Waals surface area contributed by atoms with Gasteiger partial charge in [0.05, 0.1) is 10.9 Å². The van der Waals surface area contributed by atoms with Gasteiger partial charge < -0.3 is 10.6 Å². The molecule has 1 saturated heterocycles. The number of unbranched alkanes of at least 4 members (excludes halogenated alkanes) is 2. The van der Waals surface area contributed by atoms with Crippen LogP contribution in [0.2, 0.25) is 0 Å². The Kier molecular flexibility index (Phi) is 7.43.